The van der Waals surface area contributed by atoms with E-state index in [0.29, 0.717) is 0 Å². The zero-order valence-corrected chi connectivity index (χ0v) is 16.8. The Morgan fingerprint density at radius 1 is 0.500 bits per heavy atom. The van der Waals surface area contributed by atoms with Gasteiger partial charge in [0.25, 0.3) is 0 Å². The standard InChI is InChI=1S/C30H20/c1-19-14-15-20-16-17-24-23-10-4-7-13-28(23)30(29(24)25(20)18-19)26-11-5-2-8-21(26)22-9-3-6-12-27(22)30/h2-18H,1H3. The molecule has 0 aliphatic heterocycles. The number of fused-ring (bicyclic) bond motifs is 12. The molecular weight excluding hydrogens is 360 g/mol. The SMILES string of the molecule is Cc1ccc2ccc3c(c2c1)C1(c2ccccc2-c2ccccc21)c1ccccc1-3. The van der Waals surface area contributed by atoms with E-state index in [2.05, 4.69) is 110 Å². The first-order valence-electron chi connectivity index (χ1n) is 10.6. The van der Waals surface area contributed by atoms with Crippen LogP contribution in [-0.2, 0) is 5.41 Å². The molecule has 2 aliphatic carbocycles. The van der Waals surface area contributed by atoms with Crippen LogP contribution < -0.4 is 0 Å². The zero-order chi connectivity index (χ0) is 19.9. The van der Waals surface area contributed by atoms with Crippen LogP contribution in [0.2, 0.25) is 0 Å². The van der Waals surface area contributed by atoms with Crippen molar-refractivity contribution in [2.45, 2.75) is 12.3 Å². The van der Waals surface area contributed by atoms with Crippen LogP contribution >= 0.6 is 0 Å². The Hall–Kier alpha value is -3.64. The summed E-state index contributed by atoms with van der Waals surface area (Å²) in [6.45, 7) is 2.20. The summed E-state index contributed by atoms with van der Waals surface area (Å²) in [5, 5.41) is 2.68. The largest absolute Gasteiger partial charge is 0.0731 e. The lowest BCUT2D eigenvalue weighted by Gasteiger charge is -2.31. The average Bonchev–Trinajstić information content (AvgIpc) is 3.27. The molecule has 0 heteroatoms. The summed E-state index contributed by atoms with van der Waals surface area (Å²) in [6.07, 6.45) is 0. The second-order valence-corrected chi connectivity index (χ2v) is 8.60. The van der Waals surface area contributed by atoms with Crippen molar-refractivity contribution < 1.29 is 0 Å². The van der Waals surface area contributed by atoms with Crippen molar-refractivity contribution in [3.05, 3.63) is 131 Å². The van der Waals surface area contributed by atoms with Gasteiger partial charge < -0.3 is 0 Å². The van der Waals surface area contributed by atoms with E-state index in [-0.39, 0.29) is 5.41 Å². The molecule has 140 valence electrons. The van der Waals surface area contributed by atoms with Gasteiger partial charge >= 0.3 is 0 Å². The Kier molecular flexibility index (Phi) is 2.96. The lowest BCUT2D eigenvalue weighted by atomic mass is 9.69. The summed E-state index contributed by atoms with van der Waals surface area (Å²) in [7, 11) is 0. The Bertz CT molecular complexity index is 1440. The molecule has 0 heterocycles. The van der Waals surface area contributed by atoms with Crippen molar-refractivity contribution in [3.63, 3.8) is 0 Å². The summed E-state index contributed by atoms with van der Waals surface area (Å²) in [5.41, 5.74) is 12.2. The molecule has 1 spiro atoms. The number of hydrogen-bond donors (Lipinski definition) is 0. The van der Waals surface area contributed by atoms with E-state index < -0.39 is 0 Å². The highest BCUT2D eigenvalue weighted by Crippen LogP contribution is 2.63. The topological polar surface area (TPSA) is 0 Å². The van der Waals surface area contributed by atoms with E-state index >= 15 is 0 Å². The highest BCUT2D eigenvalue weighted by atomic mass is 14.5. The molecule has 0 saturated heterocycles. The number of rotatable bonds is 0. The molecule has 0 bridgehead atoms. The Morgan fingerprint density at radius 2 is 1.00 bits per heavy atom. The number of aryl methyl sites for hydroxylation is 1. The normalized spacial score (nSPS) is 14.4. The highest BCUT2D eigenvalue weighted by molar-refractivity contribution is 6.03. The molecule has 0 unspecified atom stereocenters. The van der Waals surface area contributed by atoms with Crippen LogP contribution in [0.3, 0.4) is 0 Å². The first-order chi connectivity index (χ1) is 14.8. The second kappa shape index (κ2) is 5.49. The van der Waals surface area contributed by atoms with Gasteiger partial charge in [-0.05, 0) is 62.2 Å². The smallest absolute Gasteiger partial charge is 0.0619 e. The minimum atomic E-state index is -0.258. The summed E-state index contributed by atoms with van der Waals surface area (Å²) in [4.78, 5) is 0. The summed E-state index contributed by atoms with van der Waals surface area (Å²) >= 11 is 0. The molecule has 30 heavy (non-hydrogen) atoms. The van der Waals surface area contributed by atoms with Gasteiger partial charge in [-0.15, -0.1) is 0 Å². The lowest BCUT2D eigenvalue weighted by molar-refractivity contribution is 0.801. The number of hydrogen-bond acceptors (Lipinski definition) is 0. The third kappa shape index (κ3) is 1.74. The van der Waals surface area contributed by atoms with Crippen LogP contribution in [0.5, 0.6) is 0 Å². The predicted octanol–water partition coefficient (Wildman–Crippen LogP) is 7.49. The van der Waals surface area contributed by atoms with E-state index in [4.69, 9.17) is 0 Å². The van der Waals surface area contributed by atoms with Gasteiger partial charge in [-0.3, -0.25) is 0 Å². The molecule has 5 aromatic carbocycles. The average molecular weight is 380 g/mol. The maximum absolute atomic E-state index is 2.38. The summed E-state index contributed by atoms with van der Waals surface area (Å²) in [6, 6.07) is 38.5. The molecule has 0 fully saturated rings. The maximum atomic E-state index is 2.38. The molecule has 0 atom stereocenters. The molecule has 5 aromatic rings. The first kappa shape index (κ1) is 16.2. The molecule has 0 amide bonds. The van der Waals surface area contributed by atoms with Crippen molar-refractivity contribution in [3.8, 4) is 22.3 Å². The third-order valence-corrected chi connectivity index (χ3v) is 7.13. The van der Waals surface area contributed by atoms with Gasteiger partial charge in [0.15, 0.2) is 0 Å². The van der Waals surface area contributed by atoms with Crippen LogP contribution in [0.25, 0.3) is 33.0 Å². The minimum Gasteiger partial charge on any atom is -0.0619 e. The summed E-state index contributed by atoms with van der Waals surface area (Å²) in [5.74, 6) is 0. The zero-order valence-electron chi connectivity index (χ0n) is 16.8. The van der Waals surface area contributed by atoms with Crippen molar-refractivity contribution in [1.29, 1.82) is 0 Å². The minimum absolute atomic E-state index is 0.258. The molecule has 0 aromatic heterocycles. The summed E-state index contributed by atoms with van der Waals surface area (Å²) < 4.78 is 0. The molecule has 0 nitrogen and oxygen atoms in total. The van der Waals surface area contributed by atoms with Gasteiger partial charge in [-0.2, -0.15) is 0 Å². The Labute approximate surface area is 176 Å². The van der Waals surface area contributed by atoms with Crippen LogP contribution in [-0.4, -0.2) is 0 Å². The second-order valence-electron chi connectivity index (χ2n) is 8.60. The number of benzene rings is 5. The van der Waals surface area contributed by atoms with Crippen molar-refractivity contribution in [2.24, 2.45) is 0 Å². The van der Waals surface area contributed by atoms with E-state index in [9.17, 15) is 0 Å². The third-order valence-electron chi connectivity index (χ3n) is 7.13. The van der Waals surface area contributed by atoms with Crippen molar-refractivity contribution >= 4 is 10.8 Å². The highest BCUT2D eigenvalue weighted by Gasteiger charge is 2.52. The quantitative estimate of drug-likeness (QED) is 0.256. The van der Waals surface area contributed by atoms with Gasteiger partial charge in [-0.1, -0.05) is 109 Å². The van der Waals surface area contributed by atoms with Crippen LogP contribution in [0.15, 0.2) is 103 Å². The van der Waals surface area contributed by atoms with E-state index in [0.717, 1.165) is 0 Å². The fraction of sp³-hybridized carbons (Fsp3) is 0.0667. The fourth-order valence-corrected chi connectivity index (χ4v) is 6.04. The van der Waals surface area contributed by atoms with Crippen LogP contribution in [0, 0.1) is 6.92 Å². The lowest BCUT2D eigenvalue weighted by Crippen LogP contribution is -2.26. The fourth-order valence-electron chi connectivity index (χ4n) is 6.04. The molecule has 0 N–H and O–H groups in total. The van der Waals surface area contributed by atoms with Crippen molar-refractivity contribution in [2.75, 3.05) is 0 Å². The van der Waals surface area contributed by atoms with E-state index in [1.807, 2.05) is 0 Å². The molecular formula is C30H20. The monoisotopic (exact) mass is 380 g/mol. The van der Waals surface area contributed by atoms with Gasteiger partial charge in [0.05, 0.1) is 5.41 Å². The molecule has 0 saturated carbocycles. The van der Waals surface area contributed by atoms with Gasteiger partial charge in [0.1, 0.15) is 0 Å². The van der Waals surface area contributed by atoms with Crippen LogP contribution in [0.1, 0.15) is 27.8 Å². The van der Waals surface area contributed by atoms with E-state index in [1.54, 1.807) is 0 Å². The molecule has 2 aliphatic rings. The molecule has 7 rings (SSSR count). The maximum Gasteiger partial charge on any atom is 0.0731 e. The first-order valence-corrected chi connectivity index (χ1v) is 10.6. The van der Waals surface area contributed by atoms with Crippen LogP contribution in [0.4, 0.5) is 0 Å². The van der Waals surface area contributed by atoms with Gasteiger partial charge in [0, 0.05) is 0 Å². The van der Waals surface area contributed by atoms with E-state index in [1.165, 1.54) is 60.8 Å². The predicted molar refractivity (Wildman–Crippen MR) is 125 cm³/mol. The van der Waals surface area contributed by atoms with Gasteiger partial charge in [-0.25, -0.2) is 0 Å². The Morgan fingerprint density at radius 3 is 1.60 bits per heavy atom. The van der Waals surface area contributed by atoms with Crippen molar-refractivity contribution in [1.82, 2.24) is 0 Å². The van der Waals surface area contributed by atoms with Gasteiger partial charge in [0.2, 0.25) is 0 Å². The Balaban J connectivity index is 1.78. The molecule has 0 radical (unpaired) electrons.